The van der Waals surface area contributed by atoms with Crippen LogP contribution >= 0.6 is 0 Å². The Morgan fingerprint density at radius 2 is 1.33 bits per heavy atom. The molecule has 2 atom stereocenters. The van der Waals surface area contributed by atoms with Crippen LogP contribution in [0.5, 0.6) is 57.5 Å². The van der Waals surface area contributed by atoms with Gasteiger partial charge in [0.05, 0.1) is 35.5 Å². The van der Waals surface area contributed by atoms with Crippen molar-refractivity contribution in [3.8, 4) is 57.5 Å². The van der Waals surface area contributed by atoms with E-state index in [0.29, 0.717) is 58.8 Å². The lowest BCUT2D eigenvalue weighted by atomic mass is 9.86. The molecular weight excluding hydrogens is 624 g/mol. The average Bonchev–Trinajstić information content (AvgIpc) is 3.10. The number of ether oxygens (including phenoxy) is 7. The minimum atomic E-state index is -0.200. The number of phenols is 1. The summed E-state index contributed by atoms with van der Waals surface area (Å²) in [4.78, 5) is 4.68. The topological polar surface area (TPSA) is 91.3 Å². The monoisotopic (exact) mass is 668 g/mol. The van der Waals surface area contributed by atoms with Crippen LogP contribution in [0, 0.1) is 0 Å². The molecule has 6 bridgehead atoms. The molecule has 0 aromatic heterocycles. The van der Waals surface area contributed by atoms with Crippen molar-refractivity contribution in [1.29, 1.82) is 0 Å². The van der Waals surface area contributed by atoms with Crippen LogP contribution < -0.4 is 33.2 Å². The number of likely N-dealkylation sites (N-methyl/N-ethyl adjacent to an activating group) is 2. The van der Waals surface area contributed by atoms with Crippen molar-refractivity contribution < 1.29 is 38.3 Å². The number of aromatic hydroxyl groups is 1. The van der Waals surface area contributed by atoms with Crippen LogP contribution in [0.1, 0.15) is 45.5 Å². The molecule has 0 radical (unpaired) electrons. The molecule has 0 spiro atoms. The Morgan fingerprint density at radius 3 is 2.02 bits per heavy atom. The van der Waals surface area contributed by atoms with Gasteiger partial charge in [-0.1, -0.05) is 12.1 Å². The van der Waals surface area contributed by atoms with Crippen LogP contribution in [0.25, 0.3) is 0 Å². The van der Waals surface area contributed by atoms with Gasteiger partial charge in [0.1, 0.15) is 5.75 Å². The SMILES string of the molecule is COc1cc2c3cc1Oc1c(OC)c(OC)c(OC)c4c1C(Cc1cc(O)c(OC)c(c1)Oc1ccc(cc1)CC3N(C)CC2)N(C)CC4. The van der Waals surface area contributed by atoms with E-state index in [2.05, 4.69) is 48.2 Å². The molecule has 0 saturated carbocycles. The number of phenolic OH excluding ortho intramolecular Hbond substituents is 1. The first-order valence-electron chi connectivity index (χ1n) is 16.6. The van der Waals surface area contributed by atoms with Crippen LogP contribution in [-0.2, 0) is 25.7 Å². The molecule has 49 heavy (non-hydrogen) atoms. The summed E-state index contributed by atoms with van der Waals surface area (Å²) in [7, 11) is 12.3. The molecule has 8 rings (SSSR count). The van der Waals surface area contributed by atoms with Crippen LogP contribution in [0.3, 0.4) is 0 Å². The minimum Gasteiger partial charge on any atom is -0.504 e. The second kappa shape index (κ2) is 13.2. The second-order valence-electron chi connectivity index (χ2n) is 12.9. The van der Waals surface area contributed by atoms with Crippen molar-refractivity contribution >= 4 is 0 Å². The van der Waals surface area contributed by atoms with Gasteiger partial charge in [-0.2, -0.15) is 0 Å². The largest absolute Gasteiger partial charge is 0.504 e. The zero-order valence-electron chi connectivity index (χ0n) is 29.2. The van der Waals surface area contributed by atoms with E-state index in [-0.39, 0.29) is 23.6 Å². The highest BCUT2D eigenvalue weighted by molar-refractivity contribution is 5.70. The number of hydrogen-bond donors (Lipinski definition) is 1. The van der Waals surface area contributed by atoms with Crippen molar-refractivity contribution in [3.05, 3.63) is 81.9 Å². The molecule has 0 aliphatic carbocycles. The molecule has 2 unspecified atom stereocenters. The molecule has 258 valence electrons. The number of nitrogens with zero attached hydrogens (tertiary/aromatic N) is 2. The molecule has 1 N–H and O–H groups in total. The van der Waals surface area contributed by atoms with Crippen molar-refractivity contribution in [3.63, 3.8) is 0 Å². The molecule has 0 saturated heterocycles. The zero-order chi connectivity index (χ0) is 34.4. The number of hydrogen-bond acceptors (Lipinski definition) is 10. The highest BCUT2D eigenvalue weighted by Gasteiger charge is 2.38. The van der Waals surface area contributed by atoms with E-state index in [1.165, 1.54) is 23.8 Å². The van der Waals surface area contributed by atoms with Crippen molar-refractivity contribution in [2.24, 2.45) is 0 Å². The molecule has 4 aromatic rings. The predicted octanol–water partition coefficient (Wildman–Crippen LogP) is 6.88. The Hall–Kier alpha value is -4.80. The Balaban J connectivity index is 1.51. The molecular formula is C39H44N2O8. The van der Waals surface area contributed by atoms with Crippen molar-refractivity contribution in [2.45, 2.75) is 37.8 Å². The number of rotatable bonds is 5. The lowest BCUT2D eigenvalue weighted by Gasteiger charge is -2.38. The van der Waals surface area contributed by atoms with Gasteiger partial charge in [-0.3, -0.25) is 9.80 Å². The van der Waals surface area contributed by atoms with Gasteiger partial charge in [-0.25, -0.2) is 0 Å². The van der Waals surface area contributed by atoms with E-state index >= 15 is 0 Å². The Labute approximate surface area is 287 Å². The Bertz CT molecular complexity index is 1880. The van der Waals surface area contributed by atoms with E-state index in [0.717, 1.165) is 42.6 Å². The van der Waals surface area contributed by atoms with Crippen molar-refractivity contribution in [1.82, 2.24) is 9.80 Å². The molecule has 0 amide bonds. The zero-order valence-corrected chi connectivity index (χ0v) is 29.2. The second-order valence-corrected chi connectivity index (χ2v) is 12.9. The van der Waals surface area contributed by atoms with Crippen LogP contribution in [0.4, 0.5) is 0 Å². The summed E-state index contributed by atoms with van der Waals surface area (Å²) in [6.07, 6.45) is 2.91. The summed E-state index contributed by atoms with van der Waals surface area (Å²) in [6, 6.07) is 15.9. The van der Waals surface area contributed by atoms with Gasteiger partial charge in [0.25, 0.3) is 0 Å². The van der Waals surface area contributed by atoms with Crippen LogP contribution in [-0.4, -0.2) is 77.6 Å². The summed E-state index contributed by atoms with van der Waals surface area (Å²) >= 11 is 0. The summed E-state index contributed by atoms with van der Waals surface area (Å²) in [6.45, 7) is 1.68. The van der Waals surface area contributed by atoms with E-state index in [9.17, 15) is 5.11 Å². The maximum atomic E-state index is 11.2. The van der Waals surface area contributed by atoms with Gasteiger partial charge in [0.15, 0.2) is 34.5 Å². The number of fused-ring (bicyclic) bond motifs is 2. The lowest BCUT2D eigenvalue weighted by molar-refractivity contribution is 0.215. The van der Waals surface area contributed by atoms with E-state index in [1.807, 2.05) is 18.2 Å². The fourth-order valence-corrected chi connectivity index (χ4v) is 7.69. The van der Waals surface area contributed by atoms with Gasteiger partial charge in [0.2, 0.25) is 17.2 Å². The minimum absolute atomic E-state index is 0.00114. The molecule has 4 aromatic carbocycles. The maximum Gasteiger partial charge on any atom is 0.208 e. The summed E-state index contributed by atoms with van der Waals surface area (Å²) in [5, 5.41) is 11.2. The lowest BCUT2D eigenvalue weighted by Crippen LogP contribution is -2.34. The average molecular weight is 669 g/mol. The third-order valence-corrected chi connectivity index (χ3v) is 10.2. The molecule has 4 heterocycles. The fraction of sp³-hybridized carbons (Fsp3) is 0.385. The first kappa shape index (κ1) is 32.7. The van der Waals surface area contributed by atoms with Crippen molar-refractivity contribution in [2.75, 3.05) is 62.7 Å². The molecule has 10 heteroatoms. The van der Waals surface area contributed by atoms with Crippen LogP contribution in [0.2, 0.25) is 0 Å². The van der Waals surface area contributed by atoms with Gasteiger partial charge in [-0.05, 0) is 98.4 Å². The highest BCUT2D eigenvalue weighted by Crippen LogP contribution is 2.56. The van der Waals surface area contributed by atoms with Crippen LogP contribution in [0.15, 0.2) is 48.5 Å². The Kier molecular flexibility index (Phi) is 8.85. The number of methoxy groups -OCH3 is 5. The normalized spacial score (nSPS) is 18.7. The van der Waals surface area contributed by atoms with E-state index in [4.69, 9.17) is 33.2 Å². The van der Waals surface area contributed by atoms with Gasteiger partial charge in [0, 0.05) is 36.3 Å². The smallest absolute Gasteiger partial charge is 0.208 e. The van der Waals surface area contributed by atoms with Gasteiger partial charge < -0.3 is 38.3 Å². The standard InChI is InChI=1S/C39H44N2O8/c1-40-14-12-24-20-31(43-3)32-21-27(24)28(40)16-22-8-10-25(11-9-22)48-33-19-23(18-30(42)36(33)45-5)17-29-34-26(13-15-41(29)2)35(44-4)38(46-6)39(47-7)37(34)49-32/h8-11,18-21,28-29,42H,12-17H2,1-7H3. The quantitative estimate of drug-likeness (QED) is 0.243. The number of benzene rings is 4. The molecule has 10 nitrogen and oxygen atoms in total. The Morgan fingerprint density at radius 1 is 0.653 bits per heavy atom. The highest BCUT2D eigenvalue weighted by atomic mass is 16.6. The molecule has 4 aliphatic rings. The van der Waals surface area contributed by atoms with E-state index in [1.54, 1.807) is 34.5 Å². The summed E-state index contributed by atoms with van der Waals surface area (Å²) in [5.74, 6) is 4.66. The summed E-state index contributed by atoms with van der Waals surface area (Å²) in [5.41, 5.74) is 6.37. The third kappa shape index (κ3) is 5.72. The molecule has 4 aliphatic heterocycles. The van der Waals surface area contributed by atoms with Gasteiger partial charge in [-0.15, -0.1) is 0 Å². The predicted molar refractivity (Wildman–Crippen MR) is 186 cm³/mol. The molecule has 0 fully saturated rings. The maximum absolute atomic E-state index is 11.2. The first-order valence-corrected chi connectivity index (χ1v) is 16.6. The fourth-order valence-electron chi connectivity index (χ4n) is 7.69. The first-order chi connectivity index (χ1) is 23.8. The van der Waals surface area contributed by atoms with Gasteiger partial charge >= 0.3 is 0 Å². The van der Waals surface area contributed by atoms with E-state index < -0.39 is 0 Å². The third-order valence-electron chi connectivity index (χ3n) is 10.2. The summed E-state index contributed by atoms with van der Waals surface area (Å²) < 4.78 is 43.1.